The highest BCUT2D eigenvalue weighted by Gasteiger charge is 2.10. The van der Waals surface area contributed by atoms with E-state index in [-0.39, 0.29) is 5.91 Å². The van der Waals surface area contributed by atoms with Crippen LogP contribution >= 0.6 is 11.6 Å². The van der Waals surface area contributed by atoms with Crippen LogP contribution in [0.25, 0.3) is 11.0 Å². The van der Waals surface area contributed by atoms with Crippen molar-refractivity contribution in [3.8, 4) is 0 Å². The van der Waals surface area contributed by atoms with Gasteiger partial charge in [0.25, 0.3) is 5.91 Å². The Labute approximate surface area is 122 Å². The van der Waals surface area contributed by atoms with Crippen molar-refractivity contribution in [1.29, 1.82) is 0 Å². The van der Waals surface area contributed by atoms with Gasteiger partial charge in [-0.2, -0.15) is 0 Å². The third-order valence-electron chi connectivity index (χ3n) is 2.72. The molecule has 1 amide bonds. The molecule has 20 heavy (non-hydrogen) atoms. The number of carbonyl (C=O) groups is 1. The van der Waals surface area contributed by atoms with Crippen LogP contribution in [0.4, 0.5) is 0 Å². The van der Waals surface area contributed by atoms with Crippen molar-refractivity contribution in [2.24, 2.45) is 0 Å². The Morgan fingerprint density at radius 3 is 2.95 bits per heavy atom. The van der Waals surface area contributed by atoms with E-state index in [4.69, 9.17) is 16.3 Å². The summed E-state index contributed by atoms with van der Waals surface area (Å²) in [5.41, 5.74) is 1.87. The Bertz CT molecular complexity index is 572. The molecule has 2 rings (SSSR count). The van der Waals surface area contributed by atoms with Crippen molar-refractivity contribution < 1.29 is 9.53 Å². The van der Waals surface area contributed by atoms with Crippen LogP contribution in [0.5, 0.6) is 0 Å². The SMILES string of the molecule is O=C(NCCCOCCCl)c1cccc2nccnc12. The van der Waals surface area contributed by atoms with Crippen LogP contribution in [0, 0.1) is 0 Å². The van der Waals surface area contributed by atoms with Gasteiger partial charge in [0.15, 0.2) is 0 Å². The maximum absolute atomic E-state index is 12.1. The molecule has 1 aromatic heterocycles. The molecule has 0 aliphatic heterocycles. The first-order valence-corrected chi connectivity index (χ1v) is 6.98. The molecule has 6 heteroatoms. The van der Waals surface area contributed by atoms with E-state index in [1.807, 2.05) is 6.07 Å². The Balaban J connectivity index is 1.91. The number of rotatable bonds is 7. The summed E-state index contributed by atoms with van der Waals surface area (Å²) in [6.45, 7) is 1.68. The normalized spacial score (nSPS) is 10.7. The lowest BCUT2D eigenvalue weighted by Gasteiger charge is -2.07. The molecule has 0 aliphatic carbocycles. The van der Waals surface area contributed by atoms with Crippen LogP contribution in [-0.4, -0.2) is 41.5 Å². The first-order valence-electron chi connectivity index (χ1n) is 6.44. The molecule has 0 saturated heterocycles. The molecule has 1 heterocycles. The van der Waals surface area contributed by atoms with Crippen molar-refractivity contribution in [1.82, 2.24) is 15.3 Å². The van der Waals surface area contributed by atoms with E-state index in [0.29, 0.717) is 42.2 Å². The average Bonchev–Trinajstić information content (AvgIpc) is 2.50. The Morgan fingerprint density at radius 1 is 1.25 bits per heavy atom. The first kappa shape index (κ1) is 14.7. The molecule has 0 aliphatic rings. The number of ether oxygens (including phenoxy) is 1. The number of para-hydroxylation sites is 1. The van der Waals surface area contributed by atoms with Gasteiger partial charge in [-0.3, -0.25) is 14.8 Å². The van der Waals surface area contributed by atoms with E-state index in [2.05, 4.69) is 15.3 Å². The maximum Gasteiger partial charge on any atom is 0.253 e. The van der Waals surface area contributed by atoms with E-state index in [1.54, 1.807) is 24.5 Å². The minimum Gasteiger partial charge on any atom is -0.380 e. The summed E-state index contributed by atoms with van der Waals surface area (Å²) in [4.78, 5) is 20.5. The van der Waals surface area contributed by atoms with Crippen LogP contribution in [0.3, 0.4) is 0 Å². The maximum atomic E-state index is 12.1. The van der Waals surface area contributed by atoms with Gasteiger partial charge in [0.2, 0.25) is 0 Å². The van der Waals surface area contributed by atoms with E-state index >= 15 is 0 Å². The van der Waals surface area contributed by atoms with Gasteiger partial charge in [-0.15, -0.1) is 11.6 Å². The van der Waals surface area contributed by atoms with E-state index < -0.39 is 0 Å². The summed E-state index contributed by atoms with van der Waals surface area (Å²) in [7, 11) is 0. The van der Waals surface area contributed by atoms with Gasteiger partial charge in [-0.1, -0.05) is 6.07 Å². The summed E-state index contributed by atoms with van der Waals surface area (Å²) >= 11 is 5.49. The van der Waals surface area contributed by atoms with Gasteiger partial charge < -0.3 is 10.1 Å². The zero-order valence-corrected chi connectivity index (χ0v) is 11.8. The van der Waals surface area contributed by atoms with Crippen LogP contribution in [-0.2, 0) is 4.74 Å². The van der Waals surface area contributed by atoms with Gasteiger partial charge in [-0.25, -0.2) is 0 Å². The zero-order chi connectivity index (χ0) is 14.2. The molecule has 0 atom stereocenters. The predicted octanol–water partition coefficient (Wildman–Crippen LogP) is 2.01. The second-order valence-corrected chi connectivity index (χ2v) is 4.52. The summed E-state index contributed by atoms with van der Waals surface area (Å²) in [5.74, 6) is 0.342. The van der Waals surface area contributed by atoms with E-state index in [0.717, 1.165) is 6.42 Å². The fraction of sp³-hybridized carbons (Fsp3) is 0.357. The summed E-state index contributed by atoms with van der Waals surface area (Å²) in [5, 5.41) is 2.85. The number of hydrogen-bond donors (Lipinski definition) is 1. The third kappa shape index (κ3) is 3.88. The standard InChI is InChI=1S/C14H16ClN3O2/c15-5-10-20-9-2-6-18-14(19)11-3-1-4-12-13(11)17-8-7-16-12/h1,3-4,7-8H,2,5-6,9-10H2,(H,18,19). The molecule has 0 fully saturated rings. The highest BCUT2D eigenvalue weighted by Crippen LogP contribution is 2.13. The van der Waals surface area contributed by atoms with Crippen LogP contribution in [0.1, 0.15) is 16.8 Å². The molecule has 0 spiro atoms. The molecule has 1 aromatic carbocycles. The lowest BCUT2D eigenvalue weighted by atomic mass is 10.1. The monoisotopic (exact) mass is 293 g/mol. The van der Waals surface area contributed by atoms with E-state index in [1.165, 1.54) is 0 Å². The van der Waals surface area contributed by atoms with Crippen molar-refractivity contribution >= 4 is 28.5 Å². The van der Waals surface area contributed by atoms with Crippen LogP contribution < -0.4 is 5.32 Å². The highest BCUT2D eigenvalue weighted by molar-refractivity contribution is 6.17. The first-order chi connectivity index (χ1) is 9.83. The fourth-order valence-electron chi connectivity index (χ4n) is 1.80. The largest absolute Gasteiger partial charge is 0.380 e. The number of carbonyl (C=O) groups excluding carboxylic acids is 1. The van der Waals surface area contributed by atoms with Gasteiger partial charge in [0, 0.05) is 31.4 Å². The number of hydrogen-bond acceptors (Lipinski definition) is 4. The lowest BCUT2D eigenvalue weighted by molar-refractivity contribution is 0.0946. The molecular formula is C14H16ClN3O2. The third-order valence-corrected chi connectivity index (χ3v) is 2.87. The molecule has 0 bridgehead atoms. The number of nitrogens with one attached hydrogen (secondary N) is 1. The highest BCUT2D eigenvalue weighted by atomic mass is 35.5. The molecule has 2 aromatic rings. The molecular weight excluding hydrogens is 278 g/mol. The van der Waals surface area contributed by atoms with Crippen LogP contribution in [0.15, 0.2) is 30.6 Å². The topological polar surface area (TPSA) is 64.1 Å². The quantitative estimate of drug-likeness (QED) is 0.626. The number of nitrogens with zero attached hydrogens (tertiary/aromatic N) is 2. The van der Waals surface area contributed by atoms with Gasteiger partial charge in [0.1, 0.15) is 5.52 Å². The number of alkyl halides is 1. The summed E-state index contributed by atoms with van der Waals surface area (Å²) in [6.07, 6.45) is 3.94. The second-order valence-electron chi connectivity index (χ2n) is 4.14. The van der Waals surface area contributed by atoms with Crippen LogP contribution in [0.2, 0.25) is 0 Å². The van der Waals surface area contributed by atoms with Gasteiger partial charge >= 0.3 is 0 Å². The smallest absolute Gasteiger partial charge is 0.253 e. The van der Waals surface area contributed by atoms with Crippen molar-refractivity contribution in [3.05, 3.63) is 36.2 Å². The predicted molar refractivity (Wildman–Crippen MR) is 78.0 cm³/mol. The number of aromatic nitrogens is 2. The van der Waals surface area contributed by atoms with Crippen molar-refractivity contribution in [3.63, 3.8) is 0 Å². The number of halogens is 1. The molecule has 5 nitrogen and oxygen atoms in total. The Morgan fingerprint density at radius 2 is 2.10 bits per heavy atom. The van der Waals surface area contributed by atoms with E-state index in [9.17, 15) is 4.79 Å². The molecule has 1 N–H and O–H groups in total. The lowest BCUT2D eigenvalue weighted by Crippen LogP contribution is -2.25. The zero-order valence-electron chi connectivity index (χ0n) is 11.0. The van der Waals surface area contributed by atoms with Gasteiger partial charge in [0.05, 0.1) is 17.7 Å². The Hall–Kier alpha value is -1.72. The summed E-state index contributed by atoms with van der Waals surface area (Å²) < 4.78 is 5.23. The van der Waals surface area contributed by atoms with Gasteiger partial charge in [-0.05, 0) is 18.6 Å². The Kier molecular flexibility index (Phi) is 5.70. The molecule has 0 saturated carbocycles. The number of fused-ring (bicyclic) bond motifs is 1. The molecule has 0 radical (unpaired) electrons. The summed E-state index contributed by atoms with van der Waals surface area (Å²) in [6, 6.07) is 5.38. The van der Waals surface area contributed by atoms with Crippen molar-refractivity contribution in [2.75, 3.05) is 25.6 Å². The molecule has 0 unspecified atom stereocenters. The average molecular weight is 294 g/mol. The molecule has 106 valence electrons. The fourth-order valence-corrected chi connectivity index (χ4v) is 1.91. The second kappa shape index (κ2) is 7.77. The number of amides is 1. The number of benzene rings is 1. The van der Waals surface area contributed by atoms with Crippen molar-refractivity contribution in [2.45, 2.75) is 6.42 Å². The minimum atomic E-state index is -0.145. The minimum absolute atomic E-state index is 0.145.